The van der Waals surface area contributed by atoms with E-state index < -0.39 is 5.54 Å². The summed E-state index contributed by atoms with van der Waals surface area (Å²) in [7, 11) is 0. The lowest BCUT2D eigenvalue weighted by Crippen LogP contribution is -2.50. The molecule has 2 heterocycles. The first-order valence-corrected chi connectivity index (χ1v) is 7.21. The van der Waals surface area contributed by atoms with Gasteiger partial charge >= 0.3 is 0 Å². The molecule has 0 aromatic carbocycles. The van der Waals surface area contributed by atoms with Crippen LogP contribution >= 0.6 is 11.3 Å². The average Bonchev–Trinajstić information content (AvgIpc) is 2.91. The van der Waals surface area contributed by atoms with E-state index in [0.717, 1.165) is 0 Å². The fourth-order valence-electron chi connectivity index (χ4n) is 1.78. The van der Waals surface area contributed by atoms with E-state index in [1.54, 1.807) is 18.4 Å². The Morgan fingerprint density at radius 1 is 1.60 bits per heavy atom. The van der Waals surface area contributed by atoms with E-state index in [1.807, 2.05) is 6.92 Å². The number of nitrogens with zero attached hydrogens (tertiary/aromatic N) is 2. The van der Waals surface area contributed by atoms with Crippen LogP contribution in [0.2, 0.25) is 0 Å². The summed E-state index contributed by atoms with van der Waals surface area (Å²) in [6.45, 7) is 3.38. The summed E-state index contributed by atoms with van der Waals surface area (Å²) >= 11 is 1.39. The Morgan fingerprint density at radius 3 is 3.00 bits per heavy atom. The molecule has 2 N–H and O–H groups in total. The molecule has 2 rings (SSSR count). The summed E-state index contributed by atoms with van der Waals surface area (Å²) in [6.07, 6.45) is 1.98. The molecule has 0 fully saturated rings. The molecule has 0 aliphatic rings. The first-order chi connectivity index (χ1) is 9.49. The van der Waals surface area contributed by atoms with E-state index in [2.05, 4.69) is 10.3 Å². The van der Waals surface area contributed by atoms with Gasteiger partial charge in [-0.15, -0.1) is 11.3 Å². The maximum absolute atomic E-state index is 12.1. The molecule has 7 heteroatoms. The second-order valence-electron chi connectivity index (χ2n) is 4.94. The molecule has 0 radical (unpaired) electrons. The zero-order valence-corrected chi connectivity index (χ0v) is 12.2. The highest BCUT2D eigenvalue weighted by Gasteiger charge is 2.23. The van der Waals surface area contributed by atoms with E-state index in [9.17, 15) is 14.7 Å². The monoisotopic (exact) mass is 295 g/mol. The summed E-state index contributed by atoms with van der Waals surface area (Å²) in [5.74, 6) is -0.318. The van der Waals surface area contributed by atoms with Crippen molar-refractivity contribution >= 4 is 27.5 Å². The van der Waals surface area contributed by atoms with Crippen molar-refractivity contribution < 1.29 is 9.90 Å². The van der Waals surface area contributed by atoms with Crippen LogP contribution in [-0.4, -0.2) is 32.7 Å². The molecule has 1 atom stereocenters. The van der Waals surface area contributed by atoms with Crippen molar-refractivity contribution in [2.45, 2.75) is 32.4 Å². The number of aliphatic hydroxyl groups excluding tert-OH is 1. The number of aromatic nitrogens is 2. The number of aliphatic hydroxyl groups is 1. The molecule has 0 aliphatic heterocycles. The molecule has 108 valence electrons. The summed E-state index contributed by atoms with van der Waals surface area (Å²) in [6, 6.07) is 1.70. The third kappa shape index (κ3) is 2.88. The van der Waals surface area contributed by atoms with Crippen LogP contribution in [0.4, 0.5) is 0 Å². The SMILES string of the molecule is CCC(C)(CO)NC(=O)Cn1cnc2sccc2c1=O. The van der Waals surface area contributed by atoms with E-state index in [0.29, 0.717) is 16.6 Å². The second-order valence-corrected chi connectivity index (χ2v) is 5.83. The summed E-state index contributed by atoms with van der Waals surface area (Å²) < 4.78 is 1.28. The molecule has 1 amide bonds. The topological polar surface area (TPSA) is 84.2 Å². The molecule has 0 bridgehead atoms. The molecule has 0 saturated heterocycles. The molecule has 20 heavy (non-hydrogen) atoms. The van der Waals surface area contributed by atoms with Gasteiger partial charge in [-0.2, -0.15) is 0 Å². The summed E-state index contributed by atoms with van der Waals surface area (Å²) in [5, 5.41) is 14.3. The van der Waals surface area contributed by atoms with Crippen molar-refractivity contribution in [2.24, 2.45) is 0 Å². The van der Waals surface area contributed by atoms with Gasteiger partial charge in [0.15, 0.2) is 0 Å². The van der Waals surface area contributed by atoms with E-state index in [1.165, 1.54) is 22.2 Å². The highest BCUT2D eigenvalue weighted by atomic mass is 32.1. The quantitative estimate of drug-likeness (QED) is 0.852. The number of hydrogen-bond acceptors (Lipinski definition) is 5. The standard InChI is InChI=1S/C13H17N3O3S/c1-3-13(2,7-17)15-10(18)6-16-8-14-11-9(12(16)19)4-5-20-11/h4-5,8,17H,3,6-7H2,1-2H3,(H,15,18). The van der Waals surface area contributed by atoms with E-state index >= 15 is 0 Å². The zero-order chi connectivity index (χ0) is 14.8. The van der Waals surface area contributed by atoms with Gasteiger partial charge in [-0.3, -0.25) is 14.2 Å². The Balaban J connectivity index is 2.18. The third-order valence-electron chi connectivity index (χ3n) is 3.33. The van der Waals surface area contributed by atoms with Gasteiger partial charge in [0.2, 0.25) is 5.91 Å². The predicted octanol–water partition coefficient (Wildman–Crippen LogP) is 0.735. The number of thiophene rings is 1. The van der Waals surface area contributed by atoms with Crippen LogP contribution < -0.4 is 10.9 Å². The normalized spacial score (nSPS) is 14.2. The maximum Gasteiger partial charge on any atom is 0.262 e. The Hall–Kier alpha value is -1.73. The van der Waals surface area contributed by atoms with Crippen LogP contribution in [0.3, 0.4) is 0 Å². The zero-order valence-electron chi connectivity index (χ0n) is 11.4. The van der Waals surface area contributed by atoms with Gasteiger partial charge in [-0.1, -0.05) is 6.92 Å². The first-order valence-electron chi connectivity index (χ1n) is 6.33. The van der Waals surface area contributed by atoms with Gasteiger partial charge in [0, 0.05) is 0 Å². The van der Waals surface area contributed by atoms with Crippen LogP contribution in [0.25, 0.3) is 10.2 Å². The van der Waals surface area contributed by atoms with Crippen molar-refractivity contribution in [3.05, 3.63) is 28.1 Å². The molecule has 1 unspecified atom stereocenters. The first kappa shape index (κ1) is 14.7. The minimum atomic E-state index is -0.666. The Labute approximate surface area is 120 Å². The van der Waals surface area contributed by atoms with Crippen molar-refractivity contribution in [3.63, 3.8) is 0 Å². The molecule has 0 spiro atoms. The van der Waals surface area contributed by atoms with Gasteiger partial charge in [0.25, 0.3) is 5.56 Å². The minimum Gasteiger partial charge on any atom is -0.394 e. The Bertz CT molecular complexity index is 673. The molecule has 6 nitrogen and oxygen atoms in total. The molecular formula is C13H17N3O3S. The lowest BCUT2D eigenvalue weighted by molar-refractivity contribution is -0.124. The van der Waals surface area contributed by atoms with E-state index in [4.69, 9.17) is 0 Å². The number of carbonyl (C=O) groups excluding carboxylic acids is 1. The predicted molar refractivity (Wildman–Crippen MR) is 77.8 cm³/mol. The van der Waals surface area contributed by atoms with Gasteiger partial charge in [-0.05, 0) is 24.8 Å². The van der Waals surface area contributed by atoms with E-state index in [-0.39, 0.29) is 24.6 Å². The third-order valence-corrected chi connectivity index (χ3v) is 4.16. The number of hydrogen-bond donors (Lipinski definition) is 2. The number of rotatable bonds is 5. The molecule has 0 saturated carbocycles. The van der Waals surface area contributed by atoms with Crippen LogP contribution in [0.15, 0.2) is 22.6 Å². The highest BCUT2D eigenvalue weighted by molar-refractivity contribution is 7.16. The Kier molecular flexibility index (Phi) is 4.20. The van der Waals surface area contributed by atoms with Crippen molar-refractivity contribution in [2.75, 3.05) is 6.61 Å². The largest absolute Gasteiger partial charge is 0.394 e. The maximum atomic E-state index is 12.1. The number of amides is 1. The smallest absolute Gasteiger partial charge is 0.262 e. The lowest BCUT2D eigenvalue weighted by atomic mass is 10.0. The number of fused-ring (bicyclic) bond motifs is 1. The van der Waals surface area contributed by atoms with Crippen LogP contribution in [0.1, 0.15) is 20.3 Å². The molecule has 2 aromatic heterocycles. The van der Waals surface area contributed by atoms with Crippen molar-refractivity contribution in [1.82, 2.24) is 14.9 Å². The second kappa shape index (κ2) is 5.72. The van der Waals surface area contributed by atoms with Gasteiger partial charge in [0.1, 0.15) is 11.4 Å². The van der Waals surface area contributed by atoms with Gasteiger partial charge < -0.3 is 10.4 Å². The fourth-order valence-corrected chi connectivity index (χ4v) is 2.50. The summed E-state index contributed by atoms with van der Waals surface area (Å²) in [5.41, 5.74) is -0.894. The van der Waals surface area contributed by atoms with Gasteiger partial charge in [0.05, 0.1) is 23.9 Å². The van der Waals surface area contributed by atoms with Crippen molar-refractivity contribution in [3.8, 4) is 0 Å². The molecule has 0 aliphatic carbocycles. The van der Waals surface area contributed by atoms with Crippen LogP contribution in [0.5, 0.6) is 0 Å². The minimum absolute atomic E-state index is 0.104. The van der Waals surface area contributed by atoms with Crippen molar-refractivity contribution in [1.29, 1.82) is 0 Å². The molecular weight excluding hydrogens is 278 g/mol. The molecule has 2 aromatic rings. The van der Waals surface area contributed by atoms with Crippen LogP contribution in [-0.2, 0) is 11.3 Å². The van der Waals surface area contributed by atoms with Gasteiger partial charge in [-0.25, -0.2) is 4.98 Å². The summed E-state index contributed by atoms with van der Waals surface area (Å²) in [4.78, 5) is 28.9. The van der Waals surface area contributed by atoms with Crippen LogP contribution in [0, 0.1) is 0 Å². The Morgan fingerprint density at radius 2 is 2.35 bits per heavy atom. The average molecular weight is 295 g/mol. The number of nitrogens with one attached hydrogen (secondary N) is 1. The highest BCUT2D eigenvalue weighted by Crippen LogP contribution is 2.13. The lowest BCUT2D eigenvalue weighted by Gasteiger charge is -2.27. The number of carbonyl (C=O) groups is 1. The fraction of sp³-hybridized carbons (Fsp3) is 0.462.